The first-order chi connectivity index (χ1) is 16.3. The van der Waals surface area contributed by atoms with Gasteiger partial charge in [0.15, 0.2) is 0 Å². The van der Waals surface area contributed by atoms with Crippen molar-refractivity contribution in [1.29, 1.82) is 0 Å². The van der Waals surface area contributed by atoms with Gasteiger partial charge in [0.1, 0.15) is 12.4 Å². The van der Waals surface area contributed by atoms with E-state index >= 15 is 0 Å². The number of ether oxygens (including phenoxy) is 3. The summed E-state index contributed by atoms with van der Waals surface area (Å²) in [5, 5.41) is 4.61. The minimum Gasteiger partial charge on any atom is -0.491 e. The van der Waals surface area contributed by atoms with Gasteiger partial charge in [0.2, 0.25) is 5.91 Å². The zero-order chi connectivity index (χ0) is 24.3. The third-order valence-electron chi connectivity index (χ3n) is 7.50. The Balaban J connectivity index is 1.58. The molecule has 7 heteroatoms. The number of fused-ring (bicyclic) bond motifs is 1. The monoisotopic (exact) mass is 505 g/mol. The minimum absolute atomic E-state index is 0.0838. The zero-order valence-electron chi connectivity index (χ0n) is 20.0. The fourth-order valence-corrected chi connectivity index (χ4v) is 6.31. The van der Waals surface area contributed by atoms with Crippen molar-refractivity contribution in [2.24, 2.45) is 11.3 Å². The van der Waals surface area contributed by atoms with Crippen molar-refractivity contribution in [1.82, 2.24) is 5.32 Å². The van der Waals surface area contributed by atoms with Gasteiger partial charge in [0.25, 0.3) is 0 Å². The zero-order valence-corrected chi connectivity index (χ0v) is 21.5. The van der Waals surface area contributed by atoms with E-state index < -0.39 is 5.41 Å². The Morgan fingerprint density at radius 2 is 1.79 bits per heavy atom. The lowest BCUT2D eigenvalue weighted by Gasteiger charge is -2.46. The predicted molar refractivity (Wildman–Crippen MR) is 135 cm³/mol. The van der Waals surface area contributed by atoms with E-state index in [1.165, 1.54) is 5.56 Å². The van der Waals surface area contributed by atoms with E-state index in [2.05, 4.69) is 37.4 Å². The van der Waals surface area contributed by atoms with Gasteiger partial charge in [-0.15, -0.1) is 0 Å². The number of benzene rings is 2. The Hall–Kier alpha value is -1.79. The van der Waals surface area contributed by atoms with E-state index in [1.54, 1.807) is 7.11 Å². The van der Waals surface area contributed by atoms with E-state index in [4.69, 9.17) is 37.4 Å². The summed E-state index contributed by atoms with van der Waals surface area (Å²) in [6.45, 7) is 6.28. The number of hydrogen-bond donors (Lipinski definition) is 1. The summed E-state index contributed by atoms with van der Waals surface area (Å²) in [7, 11) is 1.65. The SMILES string of the molecule is COCCOCCOc1ccc([C@@H]2CC[C@@]3(C)C(=O)N[C@H](C)[C@H]3[C@H]2c2ccc(Cl)cc2)c(Cl)c1. The molecule has 5 atom stereocenters. The molecule has 0 bridgehead atoms. The quantitative estimate of drug-likeness (QED) is 0.435. The number of methoxy groups -OCH3 is 1. The van der Waals surface area contributed by atoms with Crippen LogP contribution in [0.5, 0.6) is 5.75 Å². The summed E-state index contributed by atoms with van der Waals surface area (Å²) in [5.41, 5.74) is 1.90. The molecule has 34 heavy (non-hydrogen) atoms. The van der Waals surface area contributed by atoms with Crippen molar-refractivity contribution in [3.63, 3.8) is 0 Å². The van der Waals surface area contributed by atoms with Gasteiger partial charge in [0, 0.05) is 29.1 Å². The van der Waals surface area contributed by atoms with Gasteiger partial charge in [-0.2, -0.15) is 0 Å². The highest BCUT2D eigenvalue weighted by molar-refractivity contribution is 6.31. The number of carbonyl (C=O) groups is 1. The lowest BCUT2D eigenvalue weighted by Crippen LogP contribution is -2.42. The summed E-state index contributed by atoms with van der Waals surface area (Å²) >= 11 is 13.0. The molecule has 2 aromatic carbocycles. The molecule has 2 fully saturated rings. The Kier molecular flexibility index (Phi) is 8.08. The van der Waals surface area contributed by atoms with Crippen LogP contribution in [0.25, 0.3) is 0 Å². The second-order valence-electron chi connectivity index (χ2n) is 9.56. The maximum atomic E-state index is 12.9. The fraction of sp³-hybridized carbons (Fsp3) is 0.519. The predicted octanol–water partition coefficient (Wildman–Crippen LogP) is 5.84. The Morgan fingerprint density at radius 1 is 1.06 bits per heavy atom. The Labute approximate surface area is 212 Å². The third-order valence-corrected chi connectivity index (χ3v) is 8.08. The lowest BCUT2D eigenvalue weighted by atomic mass is 9.56. The van der Waals surface area contributed by atoms with Crippen molar-refractivity contribution < 1.29 is 19.0 Å². The molecule has 5 nitrogen and oxygen atoms in total. The van der Waals surface area contributed by atoms with E-state index in [0.29, 0.717) is 36.5 Å². The van der Waals surface area contributed by atoms with Crippen LogP contribution < -0.4 is 10.1 Å². The summed E-state index contributed by atoms with van der Waals surface area (Å²) in [6, 6.07) is 14.1. The molecule has 0 radical (unpaired) electrons. The molecule has 0 spiro atoms. The normalized spacial score (nSPS) is 28.4. The first-order valence-corrected chi connectivity index (χ1v) is 12.7. The van der Waals surface area contributed by atoms with Gasteiger partial charge >= 0.3 is 0 Å². The maximum Gasteiger partial charge on any atom is 0.226 e. The highest BCUT2D eigenvalue weighted by Gasteiger charge is 2.57. The highest BCUT2D eigenvalue weighted by atomic mass is 35.5. The lowest BCUT2D eigenvalue weighted by molar-refractivity contribution is -0.129. The molecule has 4 rings (SSSR count). The van der Waals surface area contributed by atoms with Crippen molar-refractivity contribution in [3.05, 3.63) is 63.6 Å². The number of amides is 1. The average molecular weight is 506 g/mol. The summed E-state index contributed by atoms with van der Waals surface area (Å²) in [6.07, 6.45) is 1.71. The van der Waals surface area contributed by atoms with Crippen LogP contribution in [0, 0.1) is 11.3 Å². The van der Waals surface area contributed by atoms with Crippen LogP contribution in [0.3, 0.4) is 0 Å². The molecule has 2 aromatic rings. The molecule has 1 saturated heterocycles. The Morgan fingerprint density at radius 3 is 2.50 bits per heavy atom. The molecule has 0 unspecified atom stereocenters. The van der Waals surface area contributed by atoms with Crippen molar-refractivity contribution >= 4 is 29.1 Å². The second kappa shape index (κ2) is 10.9. The van der Waals surface area contributed by atoms with Crippen LogP contribution >= 0.6 is 23.2 Å². The van der Waals surface area contributed by atoms with Crippen molar-refractivity contribution in [2.75, 3.05) is 33.5 Å². The number of hydrogen-bond acceptors (Lipinski definition) is 4. The van der Waals surface area contributed by atoms with Gasteiger partial charge in [0.05, 0.1) is 25.2 Å². The van der Waals surface area contributed by atoms with Gasteiger partial charge in [-0.3, -0.25) is 4.79 Å². The summed E-state index contributed by atoms with van der Waals surface area (Å²) in [5.74, 6) is 1.37. The van der Waals surface area contributed by atoms with Crippen molar-refractivity contribution in [2.45, 2.75) is 44.6 Å². The standard InChI is InChI=1S/C27H33Cl2NO4/c1-17-25-24(18-4-6-19(28)7-5-18)22(10-11-27(25,2)26(31)30-17)21-9-8-20(16-23(21)29)34-15-14-33-13-12-32-3/h4-9,16-17,22,24-25H,10-15H2,1-3H3,(H,30,31)/t17-,22+,24+,25+,27-/m1/s1. The third kappa shape index (κ3) is 5.08. The number of halogens is 2. The van der Waals surface area contributed by atoms with E-state index in [-0.39, 0.29) is 29.7 Å². The number of carbonyl (C=O) groups excluding carboxylic acids is 1. The molecule has 2 aliphatic rings. The topological polar surface area (TPSA) is 56.8 Å². The summed E-state index contributed by atoms with van der Waals surface area (Å²) in [4.78, 5) is 12.9. The van der Waals surface area contributed by atoms with E-state index in [0.717, 1.165) is 24.2 Å². The van der Waals surface area contributed by atoms with Crippen LogP contribution in [0.4, 0.5) is 0 Å². The molecule has 1 saturated carbocycles. The molecule has 1 aliphatic heterocycles. The first-order valence-electron chi connectivity index (χ1n) is 11.9. The molecular formula is C27H33Cl2NO4. The van der Waals surface area contributed by atoms with Gasteiger partial charge in [-0.1, -0.05) is 48.3 Å². The van der Waals surface area contributed by atoms with Gasteiger partial charge in [-0.25, -0.2) is 0 Å². The molecule has 1 amide bonds. The van der Waals surface area contributed by atoms with Crippen molar-refractivity contribution in [3.8, 4) is 5.75 Å². The van der Waals surface area contributed by atoms with Crippen LogP contribution in [0.15, 0.2) is 42.5 Å². The highest BCUT2D eigenvalue weighted by Crippen LogP contribution is 2.59. The van der Waals surface area contributed by atoms with Crippen LogP contribution in [-0.2, 0) is 14.3 Å². The van der Waals surface area contributed by atoms with Gasteiger partial charge < -0.3 is 19.5 Å². The van der Waals surface area contributed by atoms with Gasteiger partial charge in [-0.05, 0) is 67.0 Å². The molecule has 184 valence electrons. The van der Waals surface area contributed by atoms with E-state index in [1.807, 2.05) is 24.3 Å². The Bertz CT molecular complexity index is 999. The molecule has 0 aromatic heterocycles. The smallest absolute Gasteiger partial charge is 0.226 e. The van der Waals surface area contributed by atoms with Crippen LogP contribution in [0.2, 0.25) is 10.0 Å². The number of rotatable bonds is 9. The molecule has 1 aliphatic carbocycles. The maximum absolute atomic E-state index is 12.9. The molecular weight excluding hydrogens is 473 g/mol. The minimum atomic E-state index is -0.390. The average Bonchev–Trinajstić information content (AvgIpc) is 3.05. The van der Waals surface area contributed by atoms with Crippen LogP contribution in [0.1, 0.15) is 49.7 Å². The molecule has 1 N–H and O–H groups in total. The first kappa shape index (κ1) is 25.3. The van der Waals surface area contributed by atoms with Crippen LogP contribution in [-0.4, -0.2) is 45.5 Å². The fourth-order valence-electron chi connectivity index (χ4n) is 5.87. The van der Waals surface area contributed by atoms with E-state index in [9.17, 15) is 4.79 Å². The largest absolute Gasteiger partial charge is 0.491 e. The number of nitrogens with one attached hydrogen (secondary N) is 1. The second-order valence-corrected chi connectivity index (χ2v) is 10.4. The summed E-state index contributed by atoms with van der Waals surface area (Å²) < 4.78 is 16.3. The molecule has 1 heterocycles.